The monoisotopic (exact) mass is 254 g/mol. The second kappa shape index (κ2) is 4.40. The molecule has 1 aliphatic heterocycles. The number of nitrogens with zero attached hydrogens (tertiary/aromatic N) is 1. The van der Waals surface area contributed by atoms with E-state index in [2.05, 4.69) is 0 Å². The van der Waals surface area contributed by atoms with Gasteiger partial charge in [0.25, 0.3) is 0 Å². The number of amides is 2. The highest BCUT2D eigenvalue weighted by Crippen LogP contribution is 2.42. The molecule has 4 heteroatoms. The molecule has 0 saturated carbocycles. The van der Waals surface area contributed by atoms with Crippen molar-refractivity contribution < 1.29 is 9.90 Å². The summed E-state index contributed by atoms with van der Waals surface area (Å²) in [6, 6.07) is 6.98. The van der Waals surface area contributed by atoms with Gasteiger partial charge in [0.05, 0.1) is 18.0 Å². The van der Waals surface area contributed by atoms with Gasteiger partial charge < -0.3 is 10.8 Å². The van der Waals surface area contributed by atoms with E-state index in [4.69, 9.17) is 5.73 Å². The predicted molar refractivity (Wildman–Crippen MR) is 74.4 cm³/mol. The zero-order valence-corrected chi connectivity index (χ0v) is 10.3. The van der Waals surface area contributed by atoms with Crippen molar-refractivity contribution in [3.63, 3.8) is 0 Å². The maximum absolute atomic E-state index is 11.8. The van der Waals surface area contributed by atoms with Crippen molar-refractivity contribution in [1.29, 1.82) is 0 Å². The van der Waals surface area contributed by atoms with Crippen LogP contribution in [0, 0.1) is 0 Å². The lowest BCUT2D eigenvalue weighted by atomic mass is 9.88. The zero-order chi connectivity index (χ0) is 13.4. The van der Waals surface area contributed by atoms with Gasteiger partial charge in [0.1, 0.15) is 0 Å². The zero-order valence-electron chi connectivity index (χ0n) is 10.3. The molecule has 0 bridgehead atoms. The molecule has 1 aromatic rings. The van der Waals surface area contributed by atoms with Crippen LogP contribution in [0.1, 0.15) is 12.0 Å². The number of primary amides is 1. The van der Waals surface area contributed by atoms with Crippen LogP contribution in [0.15, 0.2) is 53.8 Å². The van der Waals surface area contributed by atoms with E-state index in [-0.39, 0.29) is 6.61 Å². The fourth-order valence-corrected chi connectivity index (χ4v) is 2.67. The maximum Gasteiger partial charge on any atom is 0.323 e. The number of aliphatic hydroxyl groups is 1. The molecule has 1 heterocycles. The summed E-state index contributed by atoms with van der Waals surface area (Å²) in [6.45, 7) is -0.0515. The number of hydrogen-bond donors (Lipinski definition) is 2. The normalized spacial score (nSPS) is 16.9. The summed E-state index contributed by atoms with van der Waals surface area (Å²) in [5.74, 6) is 0. The van der Waals surface area contributed by atoms with Gasteiger partial charge in [0.15, 0.2) is 0 Å². The standard InChI is InChI=1S/C15H14N2O2/c16-15(19)17-13-7-3-1-5-10(13)12(9-18)11-6-2-4-8-14(11)17/h1-5,7-8,18H,6,9H2,(H2,16,19). The van der Waals surface area contributed by atoms with Gasteiger partial charge in [-0.2, -0.15) is 0 Å². The average Bonchev–Trinajstić information content (AvgIpc) is 2.44. The lowest BCUT2D eigenvalue weighted by Crippen LogP contribution is -2.38. The Morgan fingerprint density at radius 1 is 1.37 bits per heavy atom. The molecule has 2 aliphatic rings. The van der Waals surface area contributed by atoms with Gasteiger partial charge in [0.2, 0.25) is 0 Å². The largest absolute Gasteiger partial charge is 0.392 e. The fourth-order valence-electron chi connectivity index (χ4n) is 2.67. The first-order valence-corrected chi connectivity index (χ1v) is 6.13. The number of aliphatic hydroxyl groups excluding tert-OH is 1. The summed E-state index contributed by atoms with van der Waals surface area (Å²) in [4.78, 5) is 13.3. The van der Waals surface area contributed by atoms with E-state index in [9.17, 15) is 9.90 Å². The number of urea groups is 1. The molecule has 0 fully saturated rings. The number of rotatable bonds is 1. The van der Waals surface area contributed by atoms with E-state index in [1.165, 1.54) is 4.90 Å². The summed E-state index contributed by atoms with van der Waals surface area (Å²) < 4.78 is 0. The van der Waals surface area contributed by atoms with Crippen molar-refractivity contribution in [3.05, 3.63) is 59.3 Å². The molecule has 3 N–H and O–H groups in total. The van der Waals surface area contributed by atoms with Gasteiger partial charge in [-0.3, -0.25) is 4.90 Å². The van der Waals surface area contributed by atoms with Gasteiger partial charge in [-0.25, -0.2) is 4.79 Å². The number of benzene rings is 1. The first kappa shape index (κ1) is 11.7. The van der Waals surface area contributed by atoms with Crippen LogP contribution in [0.4, 0.5) is 10.5 Å². The minimum absolute atomic E-state index is 0.0515. The Morgan fingerprint density at radius 2 is 2.16 bits per heavy atom. The van der Waals surface area contributed by atoms with E-state index >= 15 is 0 Å². The maximum atomic E-state index is 11.8. The third-order valence-corrected chi connectivity index (χ3v) is 3.48. The second-order valence-electron chi connectivity index (χ2n) is 4.49. The number of allylic oxidation sites excluding steroid dienone is 4. The fraction of sp³-hybridized carbons (Fsp3) is 0.133. The van der Waals surface area contributed by atoms with Crippen molar-refractivity contribution in [3.8, 4) is 0 Å². The quantitative estimate of drug-likeness (QED) is 0.806. The Morgan fingerprint density at radius 3 is 2.89 bits per heavy atom. The van der Waals surface area contributed by atoms with Gasteiger partial charge in [0, 0.05) is 5.56 Å². The molecular formula is C15H14N2O2. The highest BCUT2D eigenvalue weighted by Gasteiger charge is 2.30. The van der Waals surface area contributed by atoms with Gasteiger partial charge in [-0.15, -0.1) is 0 Å². The SMILES string of the molecule is NC(=O)N1C2=CC=CCC2=C(CO)c2ccccc21. The molecule has 0 spiro atoms. The van der Waals surface area contributed by atoms with Gasteiger partial charge in [-0.05, 0) is 29.7 Å². The van der Waals surface area contributed by atoms with Crippen LogP contribution in [-0.4, -0.2) is 17.7 Å². The third-order valence-electron chi connectivity index (χ3n) is 3.48. The van der Waals surface area contributed by atoms with Crippen molar-refractivity contribution in [2.24, 2.45) is 5.73 Å². The molecule has 0 radical (unpaired) electrons. The highest BCUT2D eigenvalue weighted by atomic mass is 16.3. The van der Waals surface area contributed by atoms with Crippen LogP contribution in [0.2, 0.25) is 0 Å². The predicted octanol–water partition coefficient (Wildman–Crippen LogP) is 2.17. The first-order valence-electron chi connectivity index (χ1n) is 6.13. The van der Waals surface area contributed by atoms with Gasteiger partial charge in [-0.1, -0.05) is 30.4 Å². The molecule has 1 aliphatic carbocycles. The van der Waals surface area contributed by atoms with Crippen LogP contribution < -0.4 is 10.6 Å². The number of nitrogens with two attached hydrogens (primary N) is 1. The Hall–Kier alpha value is -2.33. The Labute approximate surface area is 111 Å². The van der Waals surface area contributed by atoms with Crippen LogP contribution in [0.25, 0.3) is 5.57 Å². The minimum atomic E-state index is -0.511. The molecule has 19 heavy (non-hydrogen) atoms. The lowest BCUT2D eigenvalue weighted by molar-refractivity contribution is 0.255. The van der Waals surface area contributed by atoms with Crippen molar-refractivity contribution in [2.75, 3.05) is 11.5 Å². The van der Waals surface area contributed by atoms with Gasteiger partial charge >= 0.3 is 6.03 Å². The molecule has 2 amide bonds. The minimum Gasteiger partial charge on any atom is -0.392 e. The Balaban J connectivity index is 2.31. The number of carbonyl (C=O) groups is 1. The molecular weight excluding hydrogens is 240 g/mol. The van der Waals surface area contributed by atoms with Crippen LogP contribution in [0.5, 0.6) is 0 Å². The number of anilines is 1. The van der Waals surface area contributed by atoms with E-state index in [1.807, 2.05) is 42.5 Å². The molecule has 0 atom stereocenters. The van der Waals surface area contributed by atoms with E-state index in [1.54, 1.807) is 0 Å². The molecule has 0 unspecified atom stereocenters. The molecule has 4 nitrogen and oxygen atoms in total. The van der Waals surface area contributed by atoms with Crippen molar-refractivity contribution in [2.45, 2.75) is 6.42 Å². The van der Waals surface area contributed by atoms with Crippen LogP contribution >= 0.6 is 0 Å². The van der Waals surface area contributed by atoms with E-state index in [0.29, 0.717) is 6.42 Å². The van der Waals surface area contributed by atoms with E-state index < -0.39 is 6.03 Å². The molecule has 96 valence electrons. The van der Waals surface area contributed by atoms with Crippen molar-refractivity contribution in [1.82, 2.24) is 0 Å². The van der Waals surface area contributed by atoms with Crippen LogP contribution in [-0.2, 0) is 0 Å². The molecule has 3 rings (SSSR count). The number of fused-ring (bicyclic) bond motifs is 2. The van der Waals surface area contributed by atoms with Crippen LogP contribution in [0.3, 0.4) is 0 Å². The lowest BCUT2D eigenvalue weighted by Gasteiger charge is -2.34. The number of carbonyl (C=O) groups excluding carboxylic acids is 1. The summed E-state index contributed by atoms with van der Waals surface area (Å²) in [6.07, 6.45) is 6.45. The second-order valence-corrected chi connectivity index (χ2v) is 4.49. The number of hydrogen-bond acceptors (Lipinski definition) is 2. The smallest absolute Gasteiger partial charge is 0.323 e. The average molecular weight is 254 g/mol. The van der Waals surface area contributed by atoms with E-state index in [0.717, 1.165) is 28.1 Å². The first-order chi connectivity index (χ1) is 9.24. The summed E-state index contributed by atoms with van der Waals surface area (Å²) in [7, 11) is 0. The Kier molecular flexibility index (Phi) is 2.72. The molecule has 0 aromatic heterocycles. The summed E-state index contributed by atoms with van der Waals surface area (Å²) in [5, 5.41) is 9.66. The molecule has 1 aromatic carbocycles. The number of para-hydroxylation sites is 1. The Bertz CT molecular complexity index is 641. The topological polar surface area (TPSA) is 66.6 Å². The van der Waals surface area contributed by atoms with Crippen molar-refractivity contribution >= 4 is 17.3 Å². The highest BCUT2D eigenvalue weighted by molar-refractivity contribution is 6.03. The summed E-state index contributed by atoms with van der Waals surface area (Å²) >= 11 is 0. The third kappa shape index (κ3) is 1.69. The molecule has 0 saturated heterocycles. The summed E-state index contributed by atoms with van der Waals surface area (Å²) in [5.41, 5.74) is 9.69.